The Morgan fingerprint density at radius 1 is 1.41 bits per heavy atom. The van der Waals surface area contributed by atoms with Crippen LogP contribution < -0.4 is 5.32 Å². The number of phenolic OH excluding ortho intramolecular Hbond substituents is 1. The third-order valence-electron chi connectivity index (χ3n) is 2.81. The Morgan fingerprint density at radius 3 is 2.94 bits per heavy atom. The van der Waals surface area contributed by atoms with Gasteiger partial charge >= 0.3 is 0 Å². The molecule has 1 aromatic carbocycles. The van der Waals surface area contributed by atoms with Crippen LogP contribution in [0.3, 0.4) is 0 Å². The Kier molecular flexibility index (Phi) is 3.32. The van der Waals surface area contributed by atoms with Gasteiger partial charge in [-0.3, -0.25) is 0 Å². The minimum absolute atomic E-state index is 0.328. The van der Waals surface area contributed by atoms with Crippen molar-refractivity contribution in [1.82, 2.24) is 9.55 Å². The highest BCUT2D eigenvalue weighted by Gasteiger charge is 2.01. The van der Waals surface area contributed by atoms with E-state index in [-0.39, 0.29) is 0 Å². The van der Waals surface area contributed by atoms with Gasteiger partial charge in [0, 0.05) is 18.4 Å². The van der Waals surface area contributed by atoms with E-state index < -0.39 is 0 Å². The number of phenols is 1. The third-order valence-corrected chi connectivity index (χ3v) is 2.81. The van der Waals surface area contributed by atoms with Gasteiger partial charge in [-0.05, 0) is 37.6 Å². The number of benzene rings is 1. The largest absolute Gasteiger partial charge is 0.508 e. The summed E-state index contributed by atoms with van der Waals surface area (Å²) in [5.74, 6) is 0.328. The molecular weight excluding hydrogens is 214 g/mol. The van der Waals surface area contributed by atoms with Crippen molar-refractivity contribution >= 4 is 5.69 Å². The zero-order valence-electron chi connectivity index (χ0n) is 10.1. The van der Waals surface area contributed by atoms with Gasteiger partial charge in [0.2, 0.25) is 0 Å². The van der Waals surface area contributed by atoms with E-state index in [0.29, 0.717) is 5.75 Å². The van der Waals surface area contributed by atoms with Crippen molar-refractivity contribution in [1.29, 1.82) is 0 Å². The Bertz CT molecular complexity index is 505. The van der Waals surface area contributed by atoms with Crippen LogP contribution in [0, 0.1) is 6.92 Å². The van der Waals surface area contributed by atoms with Gasteiger partial charge in [-0.1, -0.05) is 0 Å². The maximum absolute atomic E-state index is 9.44. The van der Waals surface area contributed by atoms with Crippen molar-refractivity contribution in [3.05, 3.63) is 42.0 Å². The normalized spacial score (nSPS) is 10.5. The fraction of sp³-hybridized carbons (Fsp3) is 0.308. The van der Waals surface area contributed by atoms with Gasteiger partial charge in [-0.25, -0.2) is 4.98 Å². The van der Waals surface area contributed by atoms with Crippen LogP contribution in [0.2, 0.25) is 0 Å². The number of aryl methyl sites for hydroxylation is 2. The summed E-state index contributed by atoms with van der Waals surface area (Å²) >= 11 is 0. The van der Waals surface area contributed by atoms with Crippen molar-refractivity contribution in [3.8, 4) is 5.75 Å². The van der Waals surface area contributed by atoms with Crippen molar-refractivity contribution in [2.75, 3.05) is 5.32 Å². The predicted molar refractivity (Wildman–Crippen MR) is 68.1 cm³/mol. The molecule has 0 fully saturated rings. The lowest BCUT2D eigenvalue weighted by Gasteiger charge is -2.09. The first-order chi connectivity index (χ1) is 8.20. The molecule has 0 aliphatic rings. The first kappa shape index (κ1) is 11.5. The lowest BCUT2D eigenvalue weighted by molar-refractivity contribution is 0.471. The van der Waals surface area contributed by atoms with Gasteiger partial charge in [0.25, 0.3) is 0 Å². The van der Waals surface area contributed by atoms with E-state index in [1.54, 1.807) is 6.07 Å². The summed E-state index contributed by atoms with van der Waals surface area (Å²) in [6, 6.07) is 5.51. The molecule has 1 heterocycles. The highest BCUT2D eigenvalue weighted by atomic mass is 16.3. The second kappa shape index (κ2) is 4.91. The molecule has 2 N–H and O–H groups in total. The fourth-order valence-electron chi connectivity index (χ4n) is 1.74. The third kappa shape index (κ3) is 2.58. The molecule has 2 rings (SSSR count). The molecule has 0 saturated carbocycles. The van der Waals surface area contributed by atoms with Crippen LogP contribution in [0.15, 0.2) is 30.7 Å². The number of rotatable bonds is 4. The van der Waals surface area contributed by atoms with E-state index in [2.05, 4.69) is 21.8 Å². The molecular formula is C13H17N3O. The van der Waals surface area contributed by atoms with Gasteiger partial charge in [0.15, 0.2) is 0 Å². The zero-order valence-corrected chi connectivity index (χ0v) is 10.1. The topological polar surface area (TPSA) is 50.1 Å². The molecule has 0 bridgehead atoms. The van der Waals surface area contributed by atoms with Crippen LogP contribution in [0.25, 0.3) is 0 Å². The molecule has 4 heteroatoms. The number of hydrogen-bond donors (Lipinski definition) is 2. The van der Waals surface area contributed by atoms with Crippen molar-refractivity contribution in [2.24, 2.45) is 0 Å². The second-order valence-corrected chi connectivity index (χ2v) is 4.03. The lowest BCUT2D eigenvalue weighted by Crippen LogP contribution is -2.05. The van der Waals surface area contributed by atoms with E-state index in [4.69, 9.17) is 0 Å². The molecule has 0 unspecified atom stereocenters. The molecule has 0 aliphatic heterocycles. The summed E-state index contributed by atoms with van der Waals surface area (Å²) in [6.07, 6.45) is 3.70. The number of nitrogens with zero attached hydrogens (tertiary/aromatic N) is 2. The standard InChI is InChI=1S/C13H17N3O/c1-3-16-9-14-7-12(16)8-15-11-4-5-13(17)10(2)6-11/h4-7,9,15,17H,3,8H2,1-2H3. The van der Waals surface area contributed by atoms with Gasteiger partial charge in [0.05, 0.1) is 18.6 Å². The molecule has 0 atom stereocenters. The molecule has 90 valence electrons. The van der Waals surface area contributed by atoms with Gasteiger partial charge in [-0.15, -0.1) is 0 Å². The van der Waals surface area contributed by atoms with Crippen LogP contribution in [-0.4, -0.2) is 14.7 Å². The van der Waals surface area contributed by atoms with Crippen LogP contribution in [0.1, 0.15) is 18.2 Å². The van der Waals surface area contributed by atoms with Gasteiger partial charge in [0.1, 0.15) is 5.75 Å². The molecule has 17 heavy (non-hydrogen) atoms. The van der Waals surface area contributed by atoms with Crippen molar-refractivity contribution in [3.63, 3.8) is 0 Å². The minimum Gasteiger partial charge on any atom is -0.508 e. The van der Waals surface area contributed by atoms with E-state index in [9.17, 15) is 5.11 Å². The molecule has 1 aromatic heterocycles. The molecule has 0 radical (unpaired) electrons. The maximum atomic E-state index is 9.44. The monoisotopic (exact) mass is 231 g/mol. The average molecular weight is 231 g/mol. The van der Waals surface area contributed by atoms with E-state index >= 15 is 0 Å². The minimum atomic E-state index is 0.328. The zero-order chi connectivity index (χ0) is 12.3. The molecule has 2 aromatic rings. The Hall–Kier alpha value is -1.97. The highest BCUT2D eigenvalue weighted by molar-refractivity contribution is 5.50. The van der Waals surface area contributed by atoms with Crippen LogP contribution in [0.4, 0.5) is 5.69 Å². The number of nitrogens with one attached hydrogen (secondary N) is 1. The first-order valence-corrected chi connectivity index (χ1v) is 5.73. The summed E-state index contributed by atoms with van der Waals surface area (Å²) < 4.78 is 2.10. The summed E-state index contributed by atoms with van der Waals surface area (Å²) in [5.41, 5.74) is 3.03. The van der Waals surface area contributed by atoms with Crippen LogP contribution >= 0.6 is 0 Å². The van der Waals surface area contributed by atoms with E-state index in [1.165, 1.54) is 0 Å². The maximum Gasteiger partial charge on any atom is 0.118 e. The molecule has 0 amide bonds. The Morgan fingerprint density at radius 2 is 2.24 bits per heavy atom. The van der Waals surface area contributed by atoms with Gasteiger partial charge < -0.3 is 15.0 Å². The fourth-order valence-corrected chi connectivity index (χ4v) is 1.74. The highest BCUT2D eigenvalue weighted by Crippen LogP contribution is 2.20. The average Bonchev–Trinajstić information content (AvgIpc) is 2.78. The summed E-state index contributed by atoms with van der Waals surface area (Å²) in [7, 11) is 0. The number of hydrogen-bond acceptors (Lipinski definition) is 3. The molecule has 0 saturated heterocycles. The predicted octanol–water partition coefficient (Wildman–Crippen LogP) is 2.53. The number of anilines is 1. The SMILES string of the molecule is CCn1cncc1CNc1ccc(O)c(C)c1. The van der Waals surface area contributed by atoms with Crippen molar-refractivity contribution in [2.45, 2.75) is 26.9 Å². The molecule has 0 aliphatic carbocycles. The van der Waals surface area contributed by atoms with E-state index in [0.717, 1.165) is 30.0 Å². The van der Waals surface area contributed by atoms with Gasteiger partial charge in [-0.2, -0.15) is 0 Å². The quantitative estimate of drug-likeness (QED) is 0.795. The summed E-state index contributed by atoms with van der Waals surface area (Å²) in [6.45, 7) is 5.64. The summed E-state index contributed by atoms with van der Waals surface area (Å²) in [5, 5.41) is 12.8. The van der Waals surface area contributed by atoms with E-state index in [1.807, 2.05) is 31.6 Å². The number of imidazole rings is 1. The summed E-state index contributed by atoms with van der Waals surface area (Å²) in [4.78, 5) is 4.12. The lowest BCUT2D eigenvalue weighted by atomic mass is 10.2. The van der Waals surface area contributed by atoms with Crippen LogP contribution in [0.5, 0.6) is 5.75 Å². The molecule has 0 spiro atoms. The Labute approximate surface area is 101 Å². The smallest absolute Gasteiger partial charge is 0.118 e. The van der Waals surface area contributed by atoms with Crippen molar-refractivity contribution < 1.29 is 5.11 Å². The number of aromatic nitrogens is 2. The Balaban J connectivity index is 2.05. The molecule has 4 nitrogen and oxygen atoms in total. The second-order valence-electron chi connectivity index (χ2n) is 4.03. The number of aromatic hydroxyl groups is 1. The van der Waals surface area contributed by atoms with Crippen LogP contribution in [-0.2, 0) is 13.1 Å². The first-order valence-electron chi connectivity index (χ1n) is 5.73.